The highest BCUT2D eigenvalue weighted by molar-refractivity contribution is 6.07. The predicted molar refractivity (Wildman–Crippen MR) is 121 cm³/mol. The van der Waals surface area contributed by atoms with E-state index in [1.54, 1.807) is 0 Å². The molecule has 0 bridgehead atoms. The summed E-state index contributed by atoms with van der Waals surface area (Å²) >= 11 is 0. The zero-order valence-corrected chi connectivity index (χ0v) is 17.7. The van der Waals surface area contributed by atoms with Crippen molar-refractivity contribution in [1.29, 1.82) is 0 Å². The third kappa shape index (κ3) is 4.84. The molecule has 1 fully saturated rings. The van der Waals surface area contributed by atoms with Crippen LogP contribution in [0.5, 0.6) is 0 Å². The van der Waals surface area contributed by atoms with E-state index >= 15 is 0 Å². The van der Waals surface area contributed by atoms with Gasteiger partial charge in [0.1, 0.15) is 5.54 Å². The molecular weight excluding hydrogens is 386 g/mol. The quantitative estimate of drug-likeness (QED) is 0.571. The monoisotopic (exact) mass is 413 g/mol. The summed E-state index contributed by atoms with van der Waals surface area (Å²) in [6.07, 6.45) is 0.901. The summed E-state index contributed by atoms with van der Waals surface area (Å²) in [6.45, 7) is 0.896. The highest BCUT2D eigenvalue weighted by Crippen LogP contribution is 2.27. The highest BCUT2D eigenvalue weighted by Gasteiger charge is 2.51. The Hall–Kier alpha value is -3.44. The first-order chi connectivity index (χ1) is 15.1. The third-order valence-corrected chi connectivity index (χ3v) is 5.62. The van der Waals surface area contributed by atoms with E-state index in [4.69, 9.17) is 0 Å². The molecule has 0 aliphatic carbocycles. The molecule has 4 rings (SSSR count). The summed E-state index contributed by atoms with van der Waals surface area (Å²) in [5.74, 6) is -0.176. The lowest BCUT2D eigenvalue weighted by atomic mass is 9.84. The van der Waals surface area contributed by atoms with Gasteiger partial charge in [0.25, 0.3) is 5.91 Å². The van der Waals surface area contributed by atoms with Crippen molar-refractivity contribution in [1.82, 2.24) is 15.1 Å². The van der Waals surface area contributed by atoms with Crippen molar-refractivity contribution in [3.63, 3.8) is 0 Å². The van der Waals surface area contributed by atoms with Crippen LogP contribution in [-0.4, -0.2) is 41.0 Å². The summed E-state index contributed by atoms with van der Waals surface area (Å²) in [7, 11) is 1.92. The molecule has 0 radical (unpaired) electrons. The summed E-state index contributed by atoms with van der Waals surface area (Å²) in [6, 6.07) is 29.4. The first-order valence-electron chi connectivity index (χ1n) is 10.5. The fourth-order valence-electron chi connectivity index (χ4n) is 4.18. The molecule has 0 saturated carbocycles. The van der Waals surface area contributed by atoms with Crippen molar-refractivity contribution >= 4 is 11.9 Å². The van der Waals surface area contributed by atoms with E-state index in [-0.39, 0.29) is 18.6 Å². The Morgan fingerprint density at radius 1 is 0.742 bits per heavy atom. The van der Waals surface area contributed by atoms with Gasteiger partial charge >= 0.3 is 6.03 Å². The van der Waals surface area contributed by atoms with Gasteiger partial charge in [-0.25, -0.2) is 9.69 Å². The van der Waals surface area contributed by atoms with Gasteiger partial charge in [0.05, 0.1) is 6.67 Å². The molecule has 31 heavy (non-hydrogen) atoms. The van der Waals surface area contributed by atoms with Crippen molar-refractivity contribution in [2.24, 2.45) is 0 Å². The summed E-state index contributed by atoms with van der Waals surface area (Å²) in [4.78, 5) is 29.9. The fraction of sp³-hybridized carbons (Fsp3) is 0.231. The molecule has 3 amide bonds. The van der Waals surface area contributed by atoms with Gasteiger partial charge in [-0.1, -0.05) is 91.0 Å². The van der Waals surface area contributed by atoms with Crippen LogP contribution in [0.25, 0.3) is 0 Å². The van der Waals surface area contributed by atoms with E-state index < -0.39 is 5.54 Å². The molecule has 1 aliphatic heterocycles. The third-order valence-electron chi connectivity index (χ3n) is 5.62. The van der Waals surface area contributed by atoms with Gasteiger partial charge in [-0.15, -0.1) is 0 Å². The number of benzene rings is 3. The maximum Gasteiger partial charge on any atom is 0.326 e. The molecule has 0 unspecified atom stereocenters. The van der Waals surface area contributed by atoms with Crippen LogP contribution in [-0.2, 0) is 24.2 Å². The Morgan fingerprint density at radius 2 is 1.19 bits per heavy atom. The van der Waals surface area contributed by atoms with Crippen molar-refractivity contribution in [2.45, 2.75) is 24.9 Å². The molecule has 5 nitrogen and oxygen atoms in total. The topological polar surface area (TPSA) is 52.6 Å². The number of imide groups is 1. The number of hydrogen-bond donors (Lipinski definition) is 1. The molecule has 3 aromatic rings. The van der Waals surface area contributed by atoms with Crippen molar-refractivity contribution < 1.29 is 9.59 Å². The second-order valence-corrected chi connectivity index (χ2v) is 8.21. The SMILES string of the molecule is CN(Cc1ccccc1)CN1C(=O)NC(Cc2ccccc2)(Cc2ccccc2)C1=O. The maximum atomic E-state index is 13.7. The largest absolute Gasteiger partial charge is 0.326 e. The lowest BCUT2D eigenvalue weighted by Gasteiger charge is -2.28. The molecule has 1 saturated heterocycles. The molecule has 0 atom stereocenters. The Labute approximate surface area is 183 Å². The molecule has 0 spiro atoms. The van der Waals surface area contributed by atoms with Crippen LogP contribution in [0.15, 0.2) is 91.0 Å². The average Bonchev–Trinajstić information content (AvgIpc) is 2.99. The van der Waals surface area contributed by atoms with Crippen LogP contribution in [0.1, 0.15) is 16.7 Å². The molecular formula is C26H27N3O2. The van der Waals surface area contributed by atoms with Crippen molar-refractivity contribution in [3.05, 3.63) is 108 Å². The van der Waals surface area contributed by atoms with E-state index in [2.05, 4.69) is 5.32 Å². The van der Waals surface area contributed by atoms with Gasteiger partial charge in [0.15, 0.2) is 0 Å². The maximum absolute atomic E-state index is 13.7. The summed E-state index contributed by atoms with van der Waals surface area (Å²) < 4.78 is 0. The fourth-order valence-corrected chi connectivity index (χ4v) is 4.18. The normalized spacial score (nSPS) is 15.4. The van der Waals surface area contributed by atoms with E-state index in [9.17, 15) is 9.59 Å². The predicted octanol–water partition coefficient (Wildman–Crippen LogP) is 3.85. The lowest BCUT2D eigenvalue weighted by Crippen LogP contribution is -2.51. The van der Waals surface area contributed by atoms with Crippen LogP contribution < -0.4 is 5.32 Å². The standard InChI is InChI=1S/C26H27N3O2/c1-28(19-23-15-9-4-10-16-23)20-29-24(30)26(27-25(29)31,17-21-11-5-2-6-12-21)18-22-13-7-3-8-14-22/h2-16H,17-20H2,1H3,(H,27,31). The van der Waals surface area contributed by atoms with Gasteiger partial charge in [0, 0.05) is 19.4 Å². The number of nitrogens with zero attached hydrogens (tertiary/aromatic N) is 2. The molecule has 1 aliphatic rings. The number of rotatable bonds is 8. The van der Waals surface area contributed by atoms with Crippen LogP contribution >= 0.6 is 0 Å². The van der Waals surface area contributed by atoms with E-state index in [0.29, 0.717) is 19.4 Å². The minimum absolute atomic E-state index is 0.176. The van der Waals surface area contributed by atoms with E-state index in [0.717, 1.165) is 16.7 Å². The Morgan fingerprint density at radius 3 is 1.68 bits per heavy atom. The van der Waals surface area contributed by atoms with Crippen LogP contribution in [0.3, 0.4) is 0 Å². The summed E-state index contributed by atoms with van der Waals surface area (Å²) in [5.41, 5.74) is 2.18. The first-order valence-corrected chi connectivity index (χ1v) is 10.5. The zero-order valence-electron chi connectivity index (χ0n) is 17.7. The highest BCUT2D eigenvalue weighted by atomic mass is 16.2. The molecule has 5 heteroatoms. The molecule has 158 valence electrons. The first kappa shape index (κ1) is 20.8. The molecule has 0 aromatic heterocycles. The lowest BCUT2D eigenvalue weighted by molar-refractivity contribution is -0.132. The molecule has 3 aromatic carbocycles. The van der Waals surface area contributed by atoms with Crippen LogP contribution in [0, 0.1) is 0 Å². The Balaban J connectivity index is 1.56. The second-order valence-electron chi connectivity index (χ2n) is 8.21. The average molecular weight is 414 g/mol. The van der Waals surface area contributed by atoms with E-state index in [1.165, 1.54) is 4.90 Å². The molecule has 1 N–H and O–H groups in total. The van der Waals surface area contributed by atoms with Gasteiger partial charge in [-0.3, -0.25) is 9.69 Å². The Kier molecular flexibility index (Phi) is 6.14. The van der Waals surface area contributed by atoms with Crippen LogP contribution in [0.4, 0.5) is 4.79 Å². The Bertz CT molecular complexity index is 981. The number of urea groups is 1. The number of amides is 3. The second kappa shape index (κ2) is 9.14. The van der Waals surface area contributed by atoms with Crippen molar-refractivity contribution in [2.75, 3.05) is 13.7 Å². The molecule has 1 heterocycles. The minimum atomic E-state index is -0.993. The van der Waals surface area contributed by atoms with Crippen LogP contribution in [0.2, 0.25) is 0 Å². The van der Waals surface area contributed by atoms with E-state index in [1.807, 2.05) is 103 Å². The number of nitrogens with one attached hydrogen (secondary N) is 1. The van der Waals surface area contributed by atoms with Gasteiger partial charge in [-0.2, -0.15) is 0 Å². The number of hydrogen-bond acceptors (Lipinski definition) is 3. The smallest absolute Gasteiger partial charge is 0.322 e. The number of carbonyl (C=O) groups excluding carboxylic acids is 2. The van der Waals surface area contributed by atoms with Gasteiger partial charge in [0.2, 0.25) is 0 Å². The van der Waals surface area contributed by atoms with Crippen molar-refractivity contribution in [3.8, 4) is 0 Å². The van der Waals surface area contributed by atoms with Gasteiger partial charge < -0.3 is 5.32 Å². The van der Waals surface area contributed by atoms with Gasteiger partial charge in [-0.05, 0) is 23.7 Å². The number of carbonyl (C=O) groups is 2. The zero-order chi connectivity index (χ0) is 21.7. The minimum Gasteiger partial charge on any atom is -0.322 e. The summed E-state index contributed by atoms with van der Waals surface area (Å²) in [5, 5.41) is 3.04.